The number of imidazole rings is 1. The summed E-state index contributed by atoms with van der Waals surface area (Å²) in [6, 6.07) is 17.2. The van der Waals surface area contributed by atoms with Gasteiger partial charge in [-0.15, -0.1) is 0 Å². The summed E-state index contributed by atoms with van der Waals surface area (Å²) in [4.78, 5) is 17.2. The molecule has 0 aliphatic carbocycles. The Bertz CT molecular complexity index is 954. The first-order valence-electron chi connectivity index (χ1n) is 11.4. The zero-order valence-electron chi connectivity index (χ0n) is 18.8. The molecule has 0 saturated heterocycles. The van der Waals surface area contributed by atoms with Crippen molar-refractivity contribution in [3.05, 3.63) is 65.5 Å². The highest BCUT2D eigenvalue weighted by Crippen LogP contribution is 2.21. The molecular formula is C26H35N3O. The second-order valence-electron chi connectivity index (χ2n) is 8.21. The van der Waals surface area contributed by atoms with Gasteiger partial charge in [0.2, 0.25) is 5.91 Å². The quantitative estimate of drug-likeness (QED) is 0.471. The first-order chi connectivity index (χ1) is 14.6. The largest absolute Gasteiger partial charge is 0.355 e. The molecule has 4 nitrogen and oxygen atoms in total. The van der Waals surface area contributed by atoms with E-state index in [1.54, 1.807) is 0 Å². The highest BCUT2D eigenvalue weighted by atomic mass is 16.1. The SMILES string of the molecule is CCC(CC)C(=O)NCCc1nc2ccccc2n1Cc1ccc(C(C)CC)cc1. The molecule has 1 unspecified atom stereocenters. The number of nitrogens with one attached hydrogen (secondary N) is 1. The van der Waals surface area contributed by atoms with Gasteiger partial charge in [0.15, 0.2) is 0 Å². The number of hydrogen-bond acceptors (Lipinski definition) is 2. The Morgan fingerprint density at radius 3 is 2.37 bits per heavy atom. The summed E-state index contributed by atoms with van der Waals surface area (Å²) >= 11 is 0. The van der Waals surface area contributed by atoms with Crippen LogP contribution < -0.4 is 5.32 Å². The first-order valence-corrected chi connectivity index (χ1v) is 11.4. The lowest BCUT2D eigenvalue weighted by molar-refractivity contribution is -0.125. The smallest absolute Gasteiger partial charge is 0.223 e. The minimum atomic E-state index is 0.104. The highest BCUT2D eigenvalue weighted by Gasteiger charge is 2.15. The molecule has 1 N–H and O–H groups in total. The van der Waals surface area contributed by atoms with Crippen molar-refractivity contribution in [3.8, 4) is 0 Å². The Labute approximate surface area is 180 Å². The van der Waals surface area contributed by atoms with E-state index in [9.17, 15) is 4.79 Å². The monoisotopic (exact) mass is 405 g/mol. The summed E-state index contributed by atoms with van der Waals surface area (Å²) < 4.78 is 2.29. The third-order valence-corrected chi connectivity index (χ3v) is 6.24. The van der Waals surface area contributed by atoms with E-state index in [1.807, 2.05) is 6.07 Å². The average Bonchev–Trinajstić information content (AvgIpc) is 3.12. The van der Waals surface area contributed by atoms with Gasteiger partial charge in [0.05, 0.1) is 11.0 Å². The van der Waals surface area contributed by atoms with E-state index in [4.69, 9.17) is 4.98 Å². The van der Waals surface area contributed by atoms with Crippen molar-refractivity contribution in [2.75, 3.05) is 6.54 Å². The van der Waals surface area contributed by atoms with E-state index in [0.29, 0.717) is 12.5 Å². The van der Waals surface area contributed by atoms with Crippen LogP contribution in [0.3, 0.4) is 0 Å². The lowest BCUT2D eigenvalue weighted by Crippen LogP contribution is -2.32. The molecule has 1 heterocycles. The van der Waals surface area contributed by atoms with Gasteiger partial charge in [-0.3, -0.25) is 4.79 Å². The third kappa shape index (κ3) is 5.10. The van der Waals surface area contributed by atoms with Gasteiger partial charge in [-0.1, -0.05) is 64.1 Å². The highest BCUT2D eigenvalue weighted by molar-refractivity contribution is 5.78. The number of aromatic nitrogens is 2. The fourth-order valence-corrected chi connectivity index (χ4v) is 3.96. The zero-order valence-corrected chi connectivity index (χ0v) is 18.8. The van der Waals surface area contributed by atoms with Gasteiger partial charge in [0.25, 0.3) is 0 Å². The van der Waals surface area contributed by atoms with Gasteiger partial charge in [0, 0.05) is 25.4 Å². The summed E-state index contributed by atoms with van der Waals surface area (Å²) in [6.45, 7) is 10.0. The van der Waals surface area contributed by atoms with Crippen LogP contribution in [0.1, 0.15) is 69.8 Å². The summed E-state index contributed by atoms with van der Waals surface area (Å²) in [5, 5.41) is 3.10. The first kappa shape index (κ1) is 22.1. The van der Waals surface area contributed by atoms with E-state index in [1.165, 1.54) is 11.1 Å². The zero-order chi connectivity index (χ0) is 21.5. The number of benzene rings is 2. The number of nitrogens with zero attached hydrogens (tertiary/aromatic N) is 2. The molecule has 0 radical (unpaired) electrons. The van der Waals surface area contributed by atoms with Crippen molar-refractivity contribution in [3.63, 3.8) is 0 Å². The molecule has 1 atom stereocenters. The number of hydrogen-bond donors (Lipinski definition) is 1. The van der Waals surface area contributed by atoms with Crippen LogP contribution in [-0.4, -0.2) is 22.0 Å². The fourth-order valence-electron chi connectivity index (χ4n) is 3.96. The Morgan fingerprint density at radius 2 is 1.70 bits per heavy atom. The molecule has 0 aliphatic rings. The number of amides is 1. The molecule has 0 spiro atoms. The maximum absolute atomic E-state index is 12.3. The molecular weight excluding hydrogens is 370 g/mol. The molecule has 1 amide bonds. The maximum Gasteiger partial charge on any atom is 0.223 e. The van der Waals surface area contributed by atoms with E-state index in [2.05, 4.69) is 80.0 Å². The van der Waals surface area contributed by atoms with Crippen LogP contribution >= 0.6 is 0 Å². The predicted octanol–water partition coefficient (Wildman–Crippen LogP) is 5.69. The number of para-hydroxylation sites is 2. The van der Waals surface area contributed by atoms with Crippen molar-refractivity contribution in [1.29, 1.82) is 0 Å². The summed E-state index contributed by atoms with van der Waals surface area (Å²) in [5.41, 5.74) is 4.81. The van der Waals surface area contributed by atoms with Crippen LogP contribution in [0.2, 0.25) is 0 Å². The third-order valence-electron chi connectivity index (χ3n) is 6.24. The van der Waals surface area contributed by atoms with Gasteiger partial charge in [-0.25, -0.2) is 4.98 Å². The summed E-state index contributed by atoms with van der Waals surface area (Å²) in [7, 11) is 0. The van der Waals surface area contributed by atoms with Crippen LogP contribution in [-0.2, 0) is 17.8 Å². The Balaban J connectivity index is 1.77. The maximum atomic E-state index is 12.3. The number of carbonyl (C=O) groups excluding carboxylic acids is 1. The molecule has 3 aromatic rings. The Kier molecular flexibility index (Phi) is 7.67. The predicted molar refractivity (Wildman–Crippen MR) is 125 cm³/mol. The summed E-state index contributed by atoms with van der Waals surface area (Å²) in [6.07, 6.45) is 3.64. The van der Waals surface area contributed by atoms with Crippen LogP contribution in [0.4, 0.5) is 0 Å². The lowest BCUT2D eigenvalue weighted by Gasteiger charge is -2.14. The van der Waals surface area contributed by atoms with Gasteiger partial charge >= 0.3 is 0 Å². The normalized spacial score (nSPS) is 12.4. The Morgan fingerprint density at radius 1 is 1.00 bits per heavy atom. The van der Waals surface area contributed by atoms with Crippen LogP contribution in [0.5, 0.6) is 0 Å². The number of carbonyl (C=O) groups is 1. The fraction of sp³-hybridized carbons (Fsp3) is 0.462. The topological polar surface area (TPSA) is 46.9 Å². The van der Waals surface area contributed by atoms with E-state index in [0.717, 1.165) is 49.1 Å². The standard InChI is InChI=1S/C26H35N3O/c1-5-19(4)22-14-12-20(13-15-22)18-29-24-11-9-8-10-23(24)28-25(29)16-17-27-26(30)21(6-2)7-3/h8-15,19,21H,5-7,16-18H2,1-4H3,(H,27,30). The Hall–Kier alpha value is -2.62. The molecule has 0 bridgehead atoms. The molecule has 0 fully saturated rings. The van der Waals surface area contributed by atoms with Gasteiger partial charge in [-0.05, 0) is 48.4 Å². The van der Waals surface area contributed by atoms with Gasteiger partial charge in [-0.2, -0.15) is 0 Å². The lowest BCUT2D eigenvalue weighted by atomic mass is 9.97. The summed E-state index contributed by atoms with van der Waals surface area (Å²) in [5.74, 6) is 1.87. The van der Waals surface area contributed by atoms with Gasteiger partial charge in [0.1, 0.15) is 5.82 Å². The minimum absolute atomic E-state index is 0.104. The molecule has 1 aromatic heterocycles. The number of fused-ring (bicyclic) bond motifs is 1. The van der Waals surface area contributed by atoms with Crippen LogP contribution in [0.15, 0.2) is 48.5 Å². The second-order valence-corrected chi connectivity index (χ2v) is 8.21. The molecule has 3 rings (SSSR count). The average molecular weight is 406 g/mol. The van der Waals surface area contributed by atoms with Crippen molar-refractivity contribution in [2.24, 2.45) is 5.92 Å². The molecule has 160 valence electrons. The van der Waals surface area contributed by atoms with Crippen molar-refractivity contribution in [2.45, 2.75) is 65.8 Å². The molecule has 0 aliphatic heterocycles. The molecule has 0 saturated carbocycles. The van der Waals surface area contributed by atoms with Gasteiger partial charge < -0.3 is 9.88 Å². The van der Waals surface area contributed by atoms with Crippen molar-refractivity contribution in [1.82, 2.24) is 14.9 Å². The molecule has 2 aromatic carbocycles. The molecule has 30 heavy (non-hydrogen) atoms. The van der Waals surface area contributed by atoms with Crippen molar-refractivity contribution >= 4 is 16.9 Å². The van der Waals surface area contributed by atoms with E-state index < -0.39 is 0 Å². The van der Waals surface area contributed by atoms with Crippen molar-refractivity contribution < 1.29 is 4.79 Å². The minimum Gasteiger partial charge on any atom is -0.355 e. The van der Waals surface area contributed by atoms with Crippen LogP contribution in [0.25, 0.3) is 11.0 Å². The van der Waals surface area contributed by atoms with Crippen LogP contribution in [0, 0.1) is 5.92 Å². The van der Waals surface area contributed by atoms with E-state index in [-0.39, 0.29) is 11.8 Å². The molecule has 4 heteroatoms. The van der Waals surface area contributed by atoms with E-state index >= 15 is 0 Å². The second kappa shape index (κ2) is 10.4. The number of rotatable bonds is 10.